The topological polar surface area (TPSA) is 15.3 Å². The van der Waals surface area contributed by atoms with Crippen molar-refractivity contribution >= 4 is 22.9 Å². The molecule has 0 radical (unpaired) electrons. The van der Waals surface area contributed by atoms with Crippen LogP contribution in [0.5, 0.6) is 0 Å². The van der Waals surface area contributed by atoms with Crippen LogP contribution in [0.4, 0.5) is 0 Å². The number of hydrogen-bond acceptors (Lipinski definition) is 2. The third-order valence-electron chi connectivity index (χ3n) is 2.51. The second-order valence-electron chi connectivity index (χ2n) is 3.36. The Morgan fingerprint density at radius 1 is 1.50 bits per heavy atom. The van der Waals surface area contributed by atoms with Crippen molar-refractivity contribution in [3.8, 4) is 0 Å². The van der Waals surface area contributed by atoms with E-state index in [9.17, 15) is 0 Å². The van der Waals surface area contributed by atoms with Gasteiger partial charge < -0.3 is 5.32 Å². The molecule has 0 saturated carbocycles. The molecular formula is C7H13IN2. The molecule has 58 valence electrons. The summed E-state index contributed by atoms with van der Waals surface area (Å²) in [5, 5.41) is 3.54. The van der Waals surface area contributed by atoms with Crippen LogP contribution in [0.3, 0.4) is 0 Å². The Hall–Kier alpha value is 0.650. The molecule has 0 aromatic heterocycles. The van der Waals surface area contributed by atoms with E-state index < -0.39 is 0 Å². The number of nitrogens with zero attached hydrogens (tertiary/aromatic N) is 1. The van der Waals surface area contributed by atoms with E-state index in [4.69, 9.17) is 0 Å². The van der Waals surface area contributed by atoms with Crippen molar-refractivity contribution in [3.05, 3.63) is 0 Å². The first-order valence-corrected chi connectivity index (χ1v) is 4.95. The zero-order chi connectivity index (χ0) is 6.97. The second kappa shape index (κ2) is 2.95. The lowest BCUT2D eigenvalue weighted by atomic mass is 10.0. The molecule has 2 rings (SSSR count). The van der Waals surface area contributed by atoms with Gasteiger partial charge in [-0.15, -0.1) is 0 Å². The summed E-state index contributed by atoms with van der Waals surface area (Å²) in [6, 6.07) is 0.796. The van der Waals surface area contributed by atoms with Gasteiger partial charge in [0.05, 0.1) is 0 Å². The molecule has 0 amide bonds. The Morgan fingerprint density at radius 2 is 2.40 bits per heavy atom. The van der Waals surface area contributed by atoms with Crippen LogP contribution in [0.2, 0.25) is 0 Å². The maximum absolute atomic E-state index is 3.54. The van der Waals surface area contributed by atoms with Crippen LogP contribution >= 0.6 is 22.9 Å². The van der Waals surface area contributed by atoms with Crippen LogP contribution in [0.15, 0.2) is 0 Å². The number of rotatable bonds is 0. The van der Waals surface area contributed by atoms with Crippen molar-refractivity contribution < 1.29 is 0 Å². The van der Waals surface area contributed by atoms with E-state index in [1.165, 1.54) is 32.5 Å². The number of nitrogens with one attached hydrogen (secondary N) is 1. The van der Waals surface area contributed by atoms with Crippen molar-refractivity contribution in [2.24, 2.45) is 5.92 Å². The molecular weight excluding hydrogens is 239 g/mol. The zero-order valence-electron chi connectivity index (χ0n) is 6.02. The van der Waals surface area contributed by atoms with Gasteiger partial charge >= 0.3 is 0 Å². The summed E-state index contributed by atoms with van der Waals surface area (Å²) in [6.07, 6.45) is 2.81. The molecule has 0 aliphatic carbocycles. The standard InChI is InChI=1S/C7H13IN2/c8-10-2-1-6-3-7(5-10)9-4-6/h6-7,9H,1-5H2. The molecule has 2 nitrogen and oxygen atoms in total. The highest BCUT2D eigenvalue weighted by atomic mass is 127. The van der Waals surface area contributed by atoms with Crippen LogP contribution < -0.4 is 5.32 Å². The first kappa shape index (κ1) is 7.31. The van der Waals surface area contributed by atoms with E-state index in [0.717, 1.165) is 12.0 Å². The molecule has 2 unspecified atom stereocenters. The maximum atomic E-state index is 3.54. The molecule has 1 N–H and O–H groups in total. The maximum Gasteiger partial charge on any atom is 0.0235 e. The molecule has 0 aromatic rings. The summed E-state index contributed by atoms with van der Waals surface area (Å²) in [7, 11) is 0. The van der Waals surface area contributed by atoms with Crippen molar-refractivity contribution in [1.29, 1.82) is 0 Å². The molecule has 10 heavy (non-hydrogen) atoms. The molecule has 0 spiro atoms. The highest BCUT2D eigenvalue weighted by molar-refractivity contribution is 14.1. The van der Waals surface area contributed by atoms with Crippen molar-refractivity contribution in [3.63, 3.8) is 0 Å². The minimum atomic E-state index is 0.796. The minimum absolute atomic E-state index is 0.796. The lowest BCUT2D eigenvalue weighted by molar-refractivity contribution is 0.427. The van der Waals surface area contributed by atoms with Gasteiger partial charge in [0.2, 0.25) is 0 Å². The second-order valence-corrected chi connectivity index (χ2v) is 4.73. The molecule has 2 saturated heterocycles. The van der Waals surface area contributed by atoms with Gasteiger partial charge in [0.15, 0.2) is 0 Å². The van der Waals surface area contributed by atoms with Gasteiger partial charge in [0.25, 0.3) is 0 Å². The van der Waals surface area contributed by atoms with E-state index in [2.05, 4.69) is 31.3 Å². The van der Waals surface area contributed by atoms with E-state index in [1.54, 1.807) is 0 Å². The van der Waals surface area contributed by atoms with Crippen LogP contribution in [-0.4, -0.2) is 28.8 Å². The molecule has 2 bridgehead atoms. The first-order valence-electron chi connectivity index (χ1n) is 3.98. The first-order chi connectivity index (χ1) is 4.84. The van der Waals surface area contributed by atoms with E-state index in [0.29, 0.717) is 0 Å². The molecule has 2 aliphatic heterocycles. The van der Waals surface area contributed by atoms with Crippen LogP contribution in [-0.2, 0) is 0 Å². The molecule has 2 fully saturated rings. The predicted octanol–water partition coefficient (Wildman–Crippen LogP) is 1.02. The Kier molecular flexibility index (Phi) is 2.15. The average molecular weight is 252 g/mol. The number of hydrogen-bond donors (Lipinski definition) is 1. The van der Waals surface area contributed by atoms with Gasteiger partial charge in [-0.25, -0.2) is 3.11 Å². The normalized spacial score (nSPS) is 41.7. The monoisotopic (exact) mass is 252 g/mol. The lowest BCUT2D eigenvalue weighted by Gasteiger charge is -2.17. The fourth-order valence-corrected chi connectivity index (χ4v) is 2.67. The van der Waals surface area contributed by atoms with Gasteiger partial charge in [0, 0.05) is 42.0 Å². The zero-order valence-corrected chi connectivity index (χ0v) is 8.17. The summed E-state index contributed by atoms with van der Waals surface area (Å²) >= 11 is 2.43. The summed E-state index contributed by atoms with van der Waals surface area (Å²) < 4.78 is 2.41. The van der Waals surface area contributed by atoms with Crippen LogP contribution in [0.1, 0.15) is 12.8 Å². The van der Waals surface area contributed by atoms with Crippen LogP contribution in [0.25, 0.3) is 0 Å². The Bertz CT molecular complexity index is 129. The van der Waals surface area contributed by atoms with Gasteiger partial charge in [-0.1, -0.05) is 0 Å². The SMILES string of the molecule is IN1CCC2CNC(C2)C1. The molecule has 2 aliphatic rings. The van der Waals surface area contributed by atoms with Gasteiger partial charge in [0.1, 0.15) is 0 Å². The van der Waals surface area contributed by atoms with Crippen LogP contribution in [0, 0.1) is 5.92 Å². The Morgan fingerprint density at radius 3 is 3.30 bits per heavy atom. The molecule has 2 heterocycles. The predicted molar refractivity (Wildman–Crippen MR) is 50.1 cm³/mol. The average Bonchev–Trinajstić information content (AvgIpc) is 2.22. The number of halogens is 1. The van der Waals surface area contributed by atoms with Gasteiger partial charge in [-0.05, 0) is 25.3 Å². The minimum Gasteiger partial charge on any atom is -0.312 e. The largest absolute Gasteiger partial charge is 0.312 e. The summed E-state index contributed by atoms with van der Waals surface area (Å²) in [6.45, 7) is 3.82. The molecule has 2 atom stereocenters. The fourth-order valence-electron chi connectivity index (χ4n) is 1.91. The van der Waals surface area contributed by atoms with E-state index in [1.807, 2.05) is 0 Å². The van der Waals surface area contributed by atoms with Gasteiger partial charge in [-0.3, -0.25) is 0 Å². The lowest BCUT2D eigenvalue weighted by Crippen LogP contribution is -2.33. The quantitative estimate of drug-likeness (QED) is 0.511. The molecule has 0 aromatic carbocycles. The third kappa shape index (κ3) is 1.46. The van der Waals surface area contributed by atoms with Crippen molar-refractivity contribution in [1.82, 2.24) is 8.43 Å². The summed E-state index contributed by atoms with van der Waals surface area (Å²) in [5.41, 5.74) is 0. The van der Waals surface area contributed by atoms with E-state index in [-0.39, 0.29) is 0 Å². The fraction of sp³-hybridized carbons (Fsp3) is 1.00. The van der Waals surface area contributed by atoms with Crippen molar-refractivity contribution in [2.45, 2.75) is 18.9 Å². The molecule has 3 heteroatoms. The Balaban J connectivity index is 1.99. The highest BCUT2D eigenvalue weighted by Gasteiger charge is 2.28. The summed E-state index contributed by atoms with van der Waals surface area (Å²) in [4.78, 5) is 0. The van der Waals surface area contributed by atoms with Crippen molar-refractivity contribution in [2.75, 3.05) is 19.6 Å². The van der Waals surface area contributed by atoms with Gasteiger partial charge in [-0.2, -0.15) is 0 Å². The number of fused-ring (bicyclic) bond motifs is 2. The van der Waals surface area contributed by atoms with E-state index >= 15 is 0 Å². The highest BCUT2D eigenvalue weighted by Crippen LogP contribution is 2.23. The smallest absolute Gasteiger partial charge is 0.0235 e. The summed E-state index contributed by atoms with van der Waals surface area (Å²) in [5.74, 6) is 0.977. The third-order valence-corrected chi connectivity index (χ3v) is 3.39. The Labute approximate surface area is 75.8 Å².